The maximum Gasteiger partial charge on any atom is 0.265 e. The summed E-state index contributed by atoms with van der Waals surface area (Å²) in [5, 5.41) is 3.08. The summed E-state index contributed by atoms with van der Waals surface area (Å²) >= 11 is 1.50. The summed E-state index contributed by atoms with van der Waals surface area (Å²) in [5.41, 5.74) is 4.76. The monoisotopic (exact) mass is 553 g/mol. The van der Waals surface area contributed by atoms with Gasteiger partial charge in [-0.05, 0) is 80.6 Å². The van der Waals surface area contributed by atoms with Gasteiger partial charge in [0.2, 0.25) is 0 Å². The van der Waals surface area contributed by atoms with Crippen LogP contribution in [0.3, 0.4) is 0 Å². The summed E-state index contributed by atoms with van der Waals surface area (Å²) in [4.78, 5) is 32.6. The number of likely N-dealkylation sites (tertiary alicyclic amines) is 1. The first kappa shape index (κ1) is 28.2. The van der Waals surface area contributed by atoms with E-state index in [-0.39, 0.29) is 11.8 Å². The van der Waals surface area contributed by atoms with Crippen molar-refractivity contribution < 1.29 is 9.59 Å². The third kappa shape index (κ3) is 6.86. The van der Waals surface area contributed by atoms with Gasteiger partial charge in [0.1, 0.15) is 0 Å². The van der Waals surface area contributed by atoms with Crippen LogP contribution in [0.4, 0.5) is 5.69 Å². The predicted octanol–water partition coefficient (Wildman–Crippen LogP) is 7.06. The number of anilines is 1. The Kier molecular flexibility index (Phi) is 9.40. The van der Waals surface area contributed by atoms with Crippen LogP contribution in [0, 0.1) is 6.92 Å². The minimum absolute atomic E-state index is 0.00829. The zero-order chi connectivity index (χ0) is 27.9. The van der Waals surface area contributed by atoms with Crippen LogP contribution in [0.5, 0.6) is 0 Å². The molecule has 0 aromatic heterocycles. The number of rotatable bonds is 9. The van der Waals surface area contributed by atoms with E-state index in [1.54, 1.807) is 0 Å². The van der Waals surface area contributed by atoms with E-state index >= 15 is 0 Å². The van der Waals surface area contributed by atoms with Crippen molar-refractivity contribution in [3.8, 4) is 0 Å². The third-order valence-electron chi connectivity index (χ3n) is 7.85. The van der Waals surface area contributed by atoms with E-state index in [0.29, 0.717) is 29.6 Å². The second kappa shape index (κ2) is 13.3. The van der Waals surface area contributed by atoms with E-state index in [1.807, 2.05) is 59.5 Å². The quantitative estimate of drug-likeness (QED) is 0.228. The molecule has 1 unspecified atom stereocenters. The van der Waals surface area contributed by atoms with Crippen LogP contribution in [0.25, 0.3) is 6.08 Å². The number of piperidine rings is 1. The van der Waals surface area contributed by atoms with Gasteiger partial charge in [0.15, 0.2) is 0 Å². The van der Waals surface area contributed by atoms with Crippen molar-refractivity contribution in [3.05, 3.63) is 100.0 Å². The molecule has 2 amide bonds. The van der Waals surface area contributed by atoms with Gasteiger partial charge in [-0.3, -0.25) is 9.59 Å². The molecule has 1 fully saturated rings. The Labute approximate surface area is 242 Å². The Bertz CT molecular complexity index is 1370. The van der Waals surface area contributed by atoms with Gasteiger partial charge in [0.25, 0.3) is 11.8 Å². The molecule has 3 aromatic rings. The first-order chi connectivity index (χ1) is 19.5. The number of carbonyl (C=O) groups is 2. The number of hydrogen-bond acceptors (Lipinski definition) is 4. The van der Waals surface area contributed by atoms with E-state index < -0.39 is 0 Å². The van der Waals surface area contributed by atoms with Gasteiger partial charge >= 0.3 is 0 Å². The lowest BCUT2D eigenvalue weighted by molar-refractivity contribution is -0.114. The molecule has 5 nitrogen and oxygen atoms in total. The second-order valence-electron chi connectivity index (χ2n) is 10.8. The van der Waals surface area contributed by atoms with Crippen LogP contribution in [0.2, 0.25) is 0 Å². The van der Waals surface area contributed by atoms with Crippen LogP contribution in [-0.4, -0.2) is 42.4 Å². The summed E-state index contributed by atoms with van der Waals surface area (Å²) in [7, 11) is 0. The van der Waals surface area contributed by atoms with Crippen LogP contribution in [0.15, 0.2) is 82.6 Å². The number of amides is 2. The van der Waals surface area contributed by atoms with Crippen molar-refractivity contribution >= 4 is 35.3 Å². The lowest BCUT2D eigenvalue weighted by Crippen LogP contribution is -2.40. The fourth-order valence-electron chi connectivity index (χ4n) is 5.70. The molecule has 208 valence electrons. The third-order valence-corrected chi connectivity index (χ3v) is 8.93. The number of nitrogens with zero attached hydrogens (tertiary/aromatic N) is 2. The molecular weight excluding hydrogens is 514 g/mol. The normalized spacial score (nSPS) is 18.6. The number of hydrogen-bond donors (Lipinski definition) is 1. The highest BCUT2D eigenvalue weighted by Crippen LogP contribution is 2.42. The number of benzene rings is 3. The minimum Gasteiger partial charge on any atom is -0.352 e. The van der Waals surface area contributed by atoms with E-state index in [1.165, 1.54) is 49.6 Å². The van der Waals surface area contributed by atoms with E-state index in [9.17, 15) is 9.59 Å². The molecule has 2 aliphatic heterocycles. The molecule has 6 heteroatoms. The topological polar surface area (TPSA) is 52.7 Å². The Morgan fingerprint density at radius 1 is 1.05 bits per heavy atom. The summed E-state index contributed by atoms with van der Waals surface area (Å²) in [6.45, 7) is 7.76. The summed E-state index contributed by atoms with van der Waals surface area (Å²) < 4.78 is 0. The molecule has 1 atom stereocenters. The van der Waals surface area contributed by atoms with Gasteiger partial charge in [-0.25, -0.2) is 0 Å². The maximum atomic E-state index is 13.6. The molecule has 0 spiro atoms. The number of nitrogens with one attached hydrogen (secondary N) is 1. The van der Waals surface area contributed by atoms with Crippen LogP contribution in [0.1, 0.15) is 66.1 Å². The lowest BCUT2D eigenvalue weighted by atomic mass is 10.00. The van der Waals surface area contributed by atoms with Gasteiger partial charge in [-0.15, -0.1) is 0 Å². The second-order valence-corrected chi connectivity index (χ2v) is 11.9. The highest BCUT2D eigenvalue weighted by atomic mass is 32.2. The largest absolute Gasteiger partial charge is 0.352 e. The Balaban J connectivity index is 1.22. The van der Waals surface area contributed by atoms with E-state index in [2.05, 4.69) is 48.3 Å². The molecule has 0 radical (unpaired) electrons. The minimum atomic E-state index is -0.0498. The molecule has 1 N–H and O–H groups in total. The number of aryl methyl sites for hydroxylation is 1. The zero-order valence-corrected chi connectivity index (χ0v) is 24.4. The van der Waals surface area contributed by atoms with Crippen molar-refractivity contribution in [2.24, 2.45) is 0 Å². The van der Waals surface area contributed by atoms with Crippen LogP contribution in [-0.2, 0) is 11.3 Å². The number of carbonyl (C=O) groups excluding carboxylic acids is 2. The number of fused-ring (bicyclic) bond motifs is 1. The highest BCUT2D eigenvalue weighted by Gasteiger charge is 2.29. The Hall–Kier alpha value is -3.35. The molecule has 0 bridgehead atoms. The molecule has 40 heavy (non-hydrogen) atoms. The first-order valence-electron chi connectivity index (χ1n) is 14.5. The van der Waals surface area contributed by atoms with Crippen LogP contribution >= 0.6 is 11.8 Å². The molecule has 2 aliphatic rings. The summed E-state index contributed by atoms with van der Waals surface area (Å²) in [6.07, 6.45) is 8.02. The van der Waals surface area contributed by atoms with Gasteiger partial charge < -0.3 is 15.1 Å². The number of thioether (sulfide) groups is 1. The predicted molar refractivity (Wildman–Crippen MR) is 166 cm³/mol. The average Bonchev–Trinajstić information content (AvgIpc) is 2.98. The first-order valence-corrected chi connectivity index (χ1v) is 15.3. The molecule has 0 aliphatic carbocycles. The van der Waals surface area contributed by atoms with Crippen LogP contribution < -0.4 is 10.2 Å². The highest BCUT2D eigenvalue weighted by molar-refractivity contribution is 8.04. The van der Waals surface area contributed by atoms with Crippen molar-refractivity contribution in [1.29, 1.82) is 0 Å². The summed E-state index contributed by atoms with van der Waals surface area (Å²) in [5.74, 6) is -0.0580. The van der Waals surface area contributed by atoms with Gasteiger partial charge in [-0.2, -0.15) is 0 Å². The Morgan fingerprint density at radius 2 is 1.88 bits per heavy atom. The fraction of sp³-hybridized carbons (Fsp3) is 0.353. The molecular formula is C34H39N3O2S. The van der Waals surface area contributed by atoms with E-state index in [4.69, 9.17) is 0 Å². The van der Waals surface area contributed by atoms with E-state index in [0.717, 1.165) is 34.7 Å². The molecule has 3 aromatic carbocycles. The van der Waals surface area contributed by atoms with Crippen molar-refractivity contribution in [3.63, 3.8) is 0 Å². The summed E-state index contributed by atoms with van der Waals surface area (Å²) in [6, 6.07) is 24.6. The molecule has 0 saturated carbocycles. The van der Waals surface area contributed by atoms with Gasteiger partial charge in [-0.1, -0.05) is 79.2 Å². The average molecular weight is 554 g/mol. The van der Waals surface area contributed by atoms with Crippen molar-refractivity contribution in [2.45, 2.75) is 63.4 Å². The van der Waals surface area contributed by atoms with Gasteiger partial charge in [0.05, 0.1) is 17.1 Å². The maximum absolute atomic E-state index is 13.6. The SMILES string of the molecule is CCC1CCCCN1CCCNC(=O)c1ccc(C=C2Sc3ccccc3N(Cc3cccc(C)c3)C2=O)cc1. The molecule has 5 rings (SSSR count). The lowest BCUT2D eigenvalue weighted by Gasteiger charge is -2.35. The Morgan fingerprint density at radius 3 is 2.67 bits per heavy atom. The smallest absolute Gasteiger partial charge is 0.265 e. The van der Waals surface area contributed by atoms with Crippen molar-refractivity contribution in [1.82, 2.24) is 10.2 Å². The van der Waals surface area contributed by atoms with Crippen molar-refractivity contribution in [2.75, 3.05) is 24.5 Å². The zero-order valence-electron chi connectivity index (χ0n) is 23.6. The fourth-order valence-corrected chi connectivity index (χ4v) is 6.76. The number of para-hydroxylation sites is 1. The molecule has 2 heterocycles. The van der Waals surface area contributed by atoms with Gasteiger partial charge in [0, 0.05) is 29.6 Å². The molecule has 1 saturated heterocycles. The standard InChI is InChI=1S/C34H39N3O2S/c1-3-29-12-6-7-20-36(29)21-9-19-35-33(38)28-17-15-26(16-18-28)23-32-34(39)37(24-27-11-8-10-25(2)22-27)30-13-4-5-14-31(30)40-32/h4-5,8,10-11,13-18,22-23,29H,3,6-7,9,12,19-21,24H2,1-2H3,(H,35,38).